The Hall–Kier alpha value is 1.59. The van der Waals surface area contributed by atoms with Gasteiger partial charge in [-0.3, -0.25) is 0 Å². The summed E-state index contributed by atoms with van der Waals surface area (Å²) in [5, 5.41) is 0. The van der Waals surface area contributed by atoms with Crippen molar-refractivity contribution in [2.45, 2.75) is 51.3 Å². The molecule has 0 radical (unpaired) electrons. The molecule has 23 heavy (non-hydrogen) atoms. The summed E-state index contributed by atoms with van der Waals surface area (Å²) >= 11 is 10.5. The van der Waals surface area contributed by atoms with Crippen molar-refractivity contribution in [3.63, 3.8) is 0 Å². The summed E-state index contributed by atoms with van der Waals surface area (Å²) in [5.41, 5.74) is -0.113. The second-order valence-electron chi connectivity index (χ2n) is 6.02. The van der Waals surface area contributed by atoms with Gasteiger partial charge in [0.2, 0.25) is 0 Å². The van der Waals surface area contributed by atoms with Gasteiger partial charge in [0, 0.05) is 0 Å². The average Bonchev–Trinajstić information content (AvgIpc) is 3.11. The molecule has 2 saturated carbocycles. The van der Waals surface area contributed by atoms with Crippen LogP contribution >= 0.6 is 39.9 Å². The summed E-state index contributed by atoms with van der Waals surface area (Å²) in [6.45, 7) is 2.37. The van der Waals surface area contributed by atoms with Gasteiger partial charge in [-0.25, -0.2) is 0 Å². The van der Waals surface area contributed by atoms with Gasteiger partial charge < -0.3 is 14.9 Å². The summed E-state index contributed by atoms with van der Waals surface area (Å²) in [6, 6.07) is 0. The van der Waals surface area contributed by atoms with Crippen molar-refractivity contribution in [3.05, 3.63) is 39.2 Å². The molecule has 0 aromatic carbocycles. The molecule has 0 heterocycles. The van der Waals surface area contributed by atoms with Crippen LogP contribution < -0.4 is 0 Å². The first-order valence-electron chi connectivity index (χ1n) is 7.69. The standard InChI is InChI=1S/C10H14.C5H9BCl2.2CH3.2ClH.Zr/c1-8-6-7-9-4-2-3-5-10(8)9;7-6(8)5-3-1-2-4-5;;;;;/h2-5,8-10H,6-7H2,1H3;5H,1-4H2;2*1H3;2*1H;/q;;2*-1;;;+4/p-2. The SMILES string of the molecule is CC1CCC2C=CC=CC12.ClB(Cl)C1CCCC1.[CH3-].[CH3-].[Cl][Zr+2][Cl]. The zero-order valence-electron chi connectivity index (χ0n) is 14.5. The van der Waals surface area contributed by atoms with Crippen molar-refractivity contribution in [2.24, 2.45) is 17.8 Å². The van der Waals surface area contributed by atoms with E-state index in [2.05, 4.69) is 31.2 Å². The van der Waals surface area contributed by atoms with Crippen LogP contribution in [-0.4, -0.2) is 5.54 Å². The Morgan fingerprint density at radius 2 is 1.43 bits per heavy atom. The van der Waals surface area contributed by atoms with Crippen molar-refractivity contribution >= 4 is 45.5 Å². The van der Waals surface area contributed by atoms with Crippen LogP contribution in [-0.2, 0) is 20.8 Å². The van der Waals surface area contributed by atoms with Crippen molar-refractivity contribution in [2.75, 3.05) is 0 Å². The number of halogens is 4. The predicted molar refractivity (Wildman–Crippen MR) is 108 cm³/mol. The molecule has 3 aliphatic rings. The zero-order valence-corrected chi connectivity index (χ0v) is 19.9. The molecule has 0 N–H and O–H groups in total. The van der Waals surface area contributed by atoms with E-state index in [1.165, 1.54) is 38.5 Å². The van der Waals surface area contributed by atoms with E-state index >= 15 is 0 Å². The molecule has 0 aromatic rings. The fraction of sp³-hybridized carbons (Fsp3) is 0.647. The van der Waals surface area contributed by atoms with Gasteiger partial charge in [0.25, 0.3) is 0 Å². The molecule has 0 bridgehead atoms. The van der Waals surface area contributed by atoms with Crippen molar-refractivity contribution in [3.8, 4) is 0 Å². The second-order valence-corrected chi connectivity index (χ2v) is 10.9. The minimum atomic E-state index is -0.826. The van der Waals surface area contributed by atoms with Crippen molar-refractivity contribution < 1.29 is 20.8 Å². The number of fused-ring (bicyclic) bond motifs is 1. The van der Waals surface area contributed by atoms with E-state index in [1.54, 1.807) is 0 Å². The van der Waals surface area contributed by atoms with Gasteiger partial charge in [0.05, 0.1) is 0 Å². The Balaban J connectivity index is 0. The van der Waals surface area contributed by atoms with Gasteiger partial charge in [-0.2, -0.15) is 22.9 Å². The number of hydrogen-bond acceptors (Lipinski definition) is 0. The molecular formula is C17H29BCl4Zr. The quantitative estimate of drug-likeness (QED) is 0.266. The molecule has 0 aliphatic heterocycles. The van der Waals surface area contributed by atoms with Crippen LogP contribution in [0.4, 0.5) is 0 Å². The fourth-order valence-corrected chi connectivity index (χ4v) is 3.93. The Kier molecular flexibility index (Phi) is 18.4. The van der Waals surface area contributed by atoms with Gasteiger partial charge in [0.15, 0.2) is 0 Å². The molecule has 2 fully saturated rings. The van der Waals surface area contributed by atoms with Crippen LogP contribution in [0.1, 0.15) is 45.4 Å². The van der Waals surface area contributed by atoms with E-state index in [1.807, 2.05) is 0 Å². The van der Waals surface area contributed by atoms with Gasteiger partial charge >= 0.3 is 43.4 Å². The number of allylic oxidation sites excluding steroid dienone is 4. The molecule has 3 rings (SSSR count). The zero-order chi connectivity index (χ0) is 15.7. The maximum absolute atomic E-state index is 5.65. The molecule has 0 saturated heterocycles. The summed E-state index contributed by atoms with van der Waals surface area (Å²) in [6.07, 6.45) is 17.1. The third-order valence-corrected chi connectivity index (χ3v) is 5.38. The molecule has 0 spiro atoms. The topological polar surface area (TPSA) is 0 Å². The van der Waals surface area contributed by atoms with Crippen LogP contribution in [0.5, 0.6) is 0 Å². The van der Waals surface area contributed by atoms with E-state index < -0.39 is 20.8 Å². The summed E-state index contributed by atoms with van der Waals surface area (Å²) < 4.78 is 0. The molecule has 3 atom stereocenters. The summed E-state index contributed by atoms with van der Waals surface area (Å²) in [5.74, 6) is 3.26. The van der Waals surface area contributed by atoms with Gasteiger partial charge in [-0.05, 0) is 36.4 Å². The molecule has 3 unspecified atom stereocenters. The third-order valence-electron chi connectivity index (χ3n) is 4.67. The van der Waals surface area contributed by atoms with Crippen molar-refractivity contribution in [1.29, 1.82) is 0 Å². The average molecular weight is 477 g/mol. The molecule has 0 aromatic heterocycles. The first-order chi connectivity index (χ1) is 10.1. The Bertz CT molecular complexity index is 331. The molecule has 0 nitrogen and oxygen atoms in total. The fourth-order valence-electron chi connectivity index (χ4n) is 3.43. The van der Waals surface area contributed by atoms with E-state index in [0.717, 1.165) is 17.8 Å². The second kappa shape index (κ2) is 15.8. The van der Waals surface area contributed by atoms with Crippen LogP contribution in [0, 0.1) is 32.6 Å². The van der Waals surface area contributed by atoms with E-state index in [4.69, 9.17) is 39.9 Å². The van der Waals surface area contributed by atoms with Gasteiger partial charge in [-0.15, -0.1) is 0 Å². The third kappa shape index (κ3) is 10.4. The van der Waals surface area contributed by atoms with Crippen LogP contribution in [0.3, 0.4) is 0 Å². The first kappa shape index (κ1) is 26.8. The molecular weight excluding hydrogens is 448 g/mol. The van der Waals surface area contributed by atoms with Crippen molar-refractivity contribution in [1.82, 2.24) is 0 Å². The Labute approximate surface area is 173 Å². The maximum atomic E-state index is 5.65. The number of hydrogen-bond donors (Lipinski definition) is 0. The van der Waals surface area contributed by atoms with Crippen LogP contribution in [0.2, 0.25) is 5.82 Å². The summed E-state index contributed by atoms with van der Waals surface area (Å²) in [4.78, 5) is 0. The Morgan fingerprint density at radius 3 is 1.87 bits per heavy atom. The number of rotatable bonds is 1. The van der Waals surface area contributed by atoms with E-state index in [0.29, 0.717) is 5.82 Å². The molecule has 6 heteroatoms. The molecule has 0 amide bonds. The minimum absolute atomic E-state index is 0. The first-order valence-corrected chi connectivity index (χ1v) is 14.9. The predicted octanol–water partition coefficient (Wildman–Crippen LogP) is 7.95. The van der Waals surface area contributed by atoms with Gasteiger partial charge in [0.1, 0.15) is 0 Å². The normalized spacial score (nSPS) is 27.1. The monoisotopic (exact) mass is 474 g/mol. The van der Waals surface area contributed by atoms with Crippen LogP contribution in [0.25, 0.3) is 0 Å². The van der Waals surface area contributed by atoms with E-state index in [9.17, 15) is 0 Å². The molecule has 132 valence electrons. The van der Waals surface area contributed by atoms with Gasteiger partial charge in [-0.1, -0.05) is 56.9 Å². The van der Waals surface area contributed by atoms with E-state index in [-0.39, 0.29) is 20.4 Å². The summed E-state index contributed by atoms with van der Waals surface area (Å²) in [7, 11) is 9.87. The van der Waals surface area contributed by atoms with Crippen LogP contribution in [0.15, 0.2) is 24.3 Å². The molecule has 3 aliphatic carbocycles. The Morgan fingerprint density at radius 1 is 0.913 bits per heavy atom.